The van der Waals surface area contributed by atoms with Crippen LogP contribution in [-0.4, -0.2) is 68.8 Å². The molecule has 1 unspecified atom stereocenters. The van der Waals surface area contributed by atoms with E-state index in [1.807, 2.05) is 24.3 Å². The van der Waals surface area contributed by atoms with Crippen molar-refractivity contribution in [3.05, 3.63) is 64.2 Å². The van der Waals surface area contributed by atoms with Crippen molar-refractivity contribution >= 4 is 11.6 Å². The van der Waals surface area contributed by atoms with E-state index >= 15 is 0 Å². The number of aliphatic hydroxyl groups is 5. The first kappa shape index (κ1) is 23.4. The third-order valence-corrected chi connectivity index (χ3v) is 6.64. The maximum absolute atomic E-state index is 10.4. The predicted molar refractivity (Wildman–Crippen MR) is 118 cm³/mol. The zero-order chi connectivity index (χ0) is 22.8. The van der Waals surface area contributed by atoms with Crippen molar-refractivity contribution in [2.24, 2.45) is 0 Å². The van der Waals surface area contributed by atoms with E-state index in [0.29, 0.717) is 23.4 Å². The molecule has 1 heterocycles. The first-order chi connectivity index (χ1) is 15.4. The minimum absolute atomic E-state index is 0.0421. The van der Waals surface area contributed by atoms with Crippen LogP contribution in [-0.2, 0) is 11.2 Å². The van der Waals surface area contributed by atoms with Gasteiger partial charge in [-0.05, 0) is 54.2 Å². The number of hydrogen-bond acceptors (Lipinski definition) is 7. The van der Waals surface area contributed by atoms with E-state index in [1.54, 1.807) is 18.2 Å². The molecule has 2 aliphatic rings. The maximum atomic E-state index is 10.4. The molecule has 7 nitrogen and oxygen atoms in total. The number of ether oxygens (including phenoxy) is 2. The lowest BCUT2D eigenvalue weighted by atomic mass is 9.90. The molecule has 0 bridgehead atoms. The van der Waals surface area contributed by atoms with Crippen molar-refractivity contribution in [3.63, 3.8) is 0 Å². The summed E-state index contributed by atoms with van der Waals surface area (Å²) in [5, 5.41) is 50.1. The van der Waals surface area contributed by atoms with Crippen LogP contribution in [0.2, 0.25) is 5.02 Å². The summed E-state index contributed by atoms with van der Waals surface area (Å²) in [6.07, 6.45) is -3.47. The molecule has 7 atom stereocenters. The smallest absolute Gasteiger partial charge is 0.119 e. The van der Waals surface area contributed by atoms with E-state index in [-0.39, 0.29) is 12.2 Å². The van der Waals surface area contributed by atoms with Crippen molar-refractivity contribution in [2.75, 3.05) is 6.61 Å². The Morgan fingerprint density at radius 3 is 2.34 bits per heavy atom. The van der Waals surface area contributed by atoms with Crippen molar-refractivity contribution in [1.82, 2.24) is 0 Å². The van der Waals surface area contributed by atoms with Crippen LogP contribution < -0.4 is 4.74 Å². The second-order valence-electron chi connectivity index (χ2n) is 8.63. The van der Waals surface area contributed by atoms with E-state index in [4.69, 9.17) is 21.1 Å². The molecule has 5 N–H and O–H groups in total. The number of rotatable bonds is 6. The Morgan fingerprint density at radius 2 is 1.69 bits per heavy atom. The quantitative estimate of drug-likeness (QED) is 0.441. The number of halogens is 1. The van der Waals surface area contributed by atoms with Crippen molar-refractivity contribution < 1.29 is 35.0 Å². The normalized spacial score (nSPS) is 32.8. The standard InChI is InChI=1S/C24H29ClO7/c25-19-8-3-14(24-23(30)22(29)21(28)20(12-26)32-24)10-15(19)9-13-1-5-17(6-2-13)31-18-7-4-16(27)11-18/h1-3,5-6,8,10,16,18,20-24,26-30H,4,7,9,11-12H2/t16-,18?,20-,21-,22+,23-,24+/m1/s1. The van der Waals surface area contributed by atoms with Crippen molar-refractivity contribution in [1.29, 1.82) is 0 Å². The van der Waals surface area contributed by atoms with Gasteiger partial charge in [0.25, 0.3) is 0 Å². The average Bonchev–Trinajstić information content (AvgIpc) is 3.20. The number of benzene rings is 2. The SMILES string of the molecule is OC[C@H]1O[C@@H](c2ccc(Cl)c(Cc3ccc(OC4CC[C@@H](O)C4)cc3)c2)[C@H](O)[C@@H](O)[C@@H]1O. The van der Waals surface area contributed by atoms with Crippen molar-refractivity contribution in [3.8, 4) is 5.75 Å². The Balaban J connectivity index is 1.47. The highest BCUT2D eigenvalue weighted by Crippen LogP contribution is 2.34. The molecular weight excluding hydrogens is 436 g/mol. The van der Waals surface area contributed by atoms with Gasteiger partial charge in [0.2, 0.25) is 0 Å². The number of aliphatic hydroxyl groups excluding tert-OH is 5. The molecular formula is C24H29ClO7. The van der Waals surface area contributed by atoms with E-state index in [9.17, 15) is 25.5 Å². The summed E-state index contributed by atoms with van der Waals surface area (Å²) < 4.78 is 11.6. The largest absolute Gasteiger partial charge is 0.490 e. The first-order valence-electron chi connectivity index (χ1n) is 10.9. The highest BCUT2D eigenvalue weighted by molar-refractivity contribution is 6.31. The average molecular weight is 465 g/mol. The Bertz CT molecular complexity index is 904. The van der Waals surface area contributed by atoms with Gasteiger partial charge in [0.05, 0.1) is 12.7 Å². The molecule has 32 heavy (non-hydrogen) atoms. The van der Waals surface area contributed by atoms with E-state index < -0.39 is 37.1 Å². The zero-order valence-electron chi connectivity index (χ0n) is 17.5. The van der Waals surface area contributed by atoms with E-state index in [2.05, 4.69) is 0 Å². The van der Waals surface area contributed by atoms with Gasteiger partial charge in [-0.3, -0.25) is 0 Å². The van der Waals surface area contributed by atoms with Gasteiger partial charge in [-0.25, -0.2) is 0 Å². The zero-order valence-corrected chi connectivity index (χ0v) is 18.3. The van der Waals surface area contributed by atoms with Crippen LogP contribution in [0.4, 0.5) is 0 Å². The topological polar surface area (TPSA) is 120 Å². The highest BCUT2D eigenvalue weighted by atomic mass is 35.5. The van der Waals surface area contributed by atoms with Crippen molar-refractivity contribution in [2.45, 2.75) is 68.4 Å². The molecule has 4 rings (SSSR count). The molecule has 174 valence electrons. The third-order valence-electron chi connectivity index (χ3n) is 6.27. The molecule has 1 aliphatic heterocycles. The fourth-order valence-electron chi connectivity index (χ4n) is 4.41. The maximum Gasteiger partial charge on any atom is 0.119 e. The summed E-state index contributed by atoms with van der Waals surface area (Å²) in [7, 11) is 0. The summed E-state index contributed by atoms with van der Waals surface area (Å²) in [5.74, 6) is 0.758. The van der Waals surface area contributed by atoms with Crippen LogP contribution in [0.5, 0.6) is 5.75 Å². The Hall–Kier alpha value is -1.71. The van der Waals surface area contributed by atoms with Crippen LogP contribution >= 0.6 is 11.6 Å². The minimum atomic E-state index is -1.43. The molecule has 0 amide bonds. The predicted octanol–water partition coefficient (Wildman–Crippen LogP) is 1.74. The Morgan fingerprint density at radius 1 is 0.938 bits per heavy atom. The summed E-state index contributed by atoms with van der Waals surface area (Å²) in [4.78, 5) is 0. The molecule has 1 saturated carbocycles. The van der Waals surface area contributed by atoms with Gasteiger partial charge in [-0.2, -0.15) is 0 Å². The summed E-state index contributed by atoms with van der Waals surface area (Å²) in [6.45, 7) is -0.476. The molecule has 0 spiro atoms. The van der Waals surface area contributed by atoms with Gasteiger partial charge in [0.15, 0.2) is 0 Å². The molecule has 2 fully saturated rings. The third kappa shape index (κ3) is 5.10. The lowest BCUT2D eigenvalue weighted by Crippen LogP contribution is -2.55. The molecule has 0 radical (unpaired) electrons. The second-order valence-corrected chi connectivity index (χ2v) is 9.03. The monoisotopic (exact) mass is 464 g/mol. The van der Waals surface area contributed by atoms with Crippen LogP contribution in [0.25, 0.3) is 0 Å². The number of hydrogen-bond donors (Lipinski definition) is 5. The van der Waals surface area contributed by atoms with Crippen LogP contribution in [0.15, 0.2) is 42.5 Å². The first-order valence-corrected chi connectivity index (χ1v) is 11.3. The lowest BCUT2D eigenvalue weighted by molar-refractivity contribution is -0.231. The fraction of sp³-hybridized carbons (Fsp3) is 0.500. The molecule has 0 aromatic heterocycles. The highest BCUT2D eigenvalue weighted by Gasteiger charge is 2.44. The van der Waals surface area contributed by atoms with Gasteiger partial charge in [0, 0.05) is 11.4 Å². The lowest BCUT2D eigenvalue weighted by Gasteiger charge is -2.40. The Labute approximate surface area is 191 Å². The summed E-state index contributed by atoms with van der Waals surface area (Å²) in [5.41, 5.74) is 2.42. The Kier molecular flexibility index (Phi) is 7.37. The minimum Gasteiger partial charge on any atom is -0.490 e. The fourth-order valence-corrected chi connectivity index (χ4v) is 4.59. The summed E-state index contributed by atoms with van der Waals surface area (Å²) in [6, 6.07) is 12.9. The van der Waals surface area contributed by atoms with E-state index in [0.717, 1.165) is 29.7 Å². The van der Waals surface area contributed by atoms with Gasteiger partial charge in [-0.1, -0.05) is 35.9 Å². The van der Waals surface area contributed by atoms with Crippen LogP contribution in [0, 0.1) is 0 Å². The molecule has 1 saturated heterocycles. The van der Waals surface area contributed by atoms with Gasteiger partial charge in [-0.15, -0.1) is 0 Å². The van der Waals surface area contributed by atoms with Gasteiger partial charge < -0.3 is 35.0 Å². The van der Waals surface area contributed by atoms with Gasteiger partial charge in [0.1, 0.15) is 42.4 Å². The second kappa shape index (κ2) is 10.1. The molecule has 8 heteroatoms. The molecule has 2 aromatic carbocycles. The van der Waals surface area contributed by atoms with Crippen LogP contribution in [0.3, 0.4) is 0 Å². The van der Waals surface area contributed by atoms with Crippen LogP contribution in [0.1, 0.15) is 42.1 Å². The molecule has 2 aromatic rings. The molecule has 1 aliphatic carbocycles. The summed E-state index contributed by atoms with van der Waals surface area (Å²) >= 11 is 6.41. The van der Waals surface area contributed by atoms with Gasteiger partial charge >= 0.3 is 0 Å². The van der Waals surface area contributed by atoms with E-state index in [1.165, 1.54) is 0 Å².